The van der Waals surface area contributed by atoms with Gasteiger partial charge in [0.25, 0.3) is 5.91 Å². The van der Waals surface area contributed by atoms with E-state index in [2.05, 4.69) is 26.5 Å². The molecular weight excluding hydrogens is 460 g/mol. The summed E-state index contributed by atoms with van der Waals surface area (Å²) in [4.78, 5) is 24.6. The number of nitrogens with one attached hydrogen (secondary N) is 1. The van der Waals surface area contributed by atoms with Gasteiger partial charge in [0.1, 0.15) is 24.2 Å². The summed E-state index contributed by atoms with van der Waals surface area (Å²) in [6.45, 7) is 0.0774. The molecule has 0 bridgehead atoms. The molecule has 0 fully saturated rings. The minimum absolute atomic E-state index is 0.0774. The van der Waals surface area contributed by atoms with Crippen molar-refractivity contribution in [3.8, 4) is 5.75 Å². The van der Waals surface area contributed by atoms with Gasteiger partial charge < -0.3 is 9.15 Å². The predicted molar refractivity (Wildman–Crippen MR) is 122 cm³/mol. The number of carbonyl (C=O) groups is 1. The molecule has 4 rings (SSSR count). The summed E-state index contributed by atoms with van der Waals surface area (Å²) in [5.41, 5.74) is 4.59. The predicted octanol–water partition coefficient (Wildman–Crippen LogP) is 4.90. The normalized spacial score (nSPS) is 11.0. The first kappa shape index (κ1) is 20.6. The van der Waals surface area contributed by atoms with E-state index < -0.39 is 0 Å². The lowest BCUT2D eigenvalue weighted by atomic mass is 10.2. The Balaban J connectivity index is 1.40. The quantitative estimate of drug-likeness (QED) is 0.317. The van der Waals surface area contributed by atoms with Crippen LogP contribution in [0.1, 0.15) is 21.5 Å². The van der Waals surface area contributed by atoms with E-state index in [-0.39, 0.29) is 17.9 Å². The third-order valence-electron chi connectivity index (χ3n) is 4.49. The molecule has 3 aromatic carbocycles. The van der Waals surface area contributed by atoms with Crippen LogP contribution in [-0.4, -0.2) is 12.1 Å². The second-order valence-electron chi connectivity index (χ2n) is 6.65. The minimum atomic E-state index is -0.306. The fraction of sp³-hybridized carbons (Fsp3) is 0.0417. The van der Waals surface area contributed by atoms with Crippen molar-refractivity contribution in [1.82, 2.24) is 5.43 Å². The maximum absolute atomic E-state index is 12.6. The summed E-state index contributed by atoms with van der Waals surface area (Å²) in [6.07, 6.45) is 2.95. The molecule has 1 aromatic heterocycles. The molecule has 0 unspecified atom stereocenters. The van der Waals surface area contributed by atoms with E-state index in [1.54, 1.807) is 60.7 Å². The number of hydrogen-bond acceptors (Lipinski definition) is 5. The number of fused-ring (bicyclic) bond motifs is 1. The second kappa shape index (κ2) is 9.40. The van der Waals surface area contributed by atoms with Gasteiger partial charge in [0.05, 0.1) is 17.2 Å². The molecule has 31 heavy (non-hydrogen) atoms. The van der Waals surface area contributed by atoms with E-state index in [9.17, 15) is 9.59 Å². The zero-order chi connectivity index (χ0) is 21.6. The maximum atomic E-state index is 12.6. The van der Waals surface area contributed by atoms with E-state index in [1.807, 2.05) is 12.1 Å². The van der Waals surface area contributed by atoms with Crippen molar-refractivity contribution in [2.75, 3.05) is 0 Å². The van der Waals surface area contributed by atoms with Gasteiger partial charge in [-0.3, -0.25) is 9.59 Å². The Morgan fingerprint density at radius 1 is 1.06 bits per heavy atom. The fourth-order valence-electron chi connectivity index (χ4n) is 2.89. The van der Waals surface area contributed by atoms with Crippen molar-refractivity contribution in [3.63, 3.8) is 0 Å². The van der Waals surface area contributed by atoms with Crippen LogP contribution < -0.4 is 15.6 Å². The highest BCUT2D eigenvalue weighted by atomic mass is 79.9. The van der Waals surface area contributed by atoms with Crippen LogP contribution in [0, 0.1) is 0 Å². The van der Waals surface area contributed by atoms with Crippen molar-refractivity contribution in [2.45, 2.75) is 6.61 Å². The van der Waals surface area contributed by atoms with Crippen molar-refractivity contribution < 1.29 is 13.9 Å². The molecule has 0 aliphatic heterocycles. The van der Waals surface area contributed by atoms with Crippen LogP contribution in [0.2, 0.25) is 0 Å². The molecule has 1 N–H and O–H groups in total. The van der Waals surface area contributed by atoms with Crippen LogP contribution in [0.4, 0.5) is 0 Å². The summed E-state index contributed by atoms with van der Waals surface area (Å²) in [6, 6.07) is 21.2. The van der Waals surface area contributed by atoms with E-state index in [1.165, 1.54) is 12.5 Å². The number of carbonyl (C=O) groups excluding carboxylic acids is 1. The summed E-state index contributed by atoms with van der Waals surface area (Å²) in [5, 5.41) is 4.51. The lowest BCUT2D eigenvalue weighted by molar-refractivity contribution is 0.0955. The maximum Gasteiger partial charge on any atom is 0.271 e. The van der Waals surface area contributed by atoms with Gasteiger partial charge in [-0.15, -0.1) is 0 Å². The van der Waals surface area contributed by atoms with E-state index in [0.29, 0.717) is 27.8 Å². The summed E-state index contributed by atoms with van der Waals surface area (Å²) in [5.74, 6) is 0.259. The Hall–Kier alpha value is -3.71. The summed E-state index contributed by atoms with van der Waals surface area (Å²) < 4.78 is 12.2. The average molecular weight is 477 g/mol. The van der Waals surface area contributed by atoms with Crippen molar-refractivity contribution in [2.24, 2.45) is 5.10 Å². The molecule has 0 aliphatic carbocycles. The van der Waals surface area contributed by atoms with Crippen LogP contribution >= 0.6 is 15.9 Å². The van der Waals surface area contributed by atoms with Gasteiger partial charge in [0, 0.05) is 10.0 Å². The molecule has 1 amide bonds. The van der Waals surface area contributed by atoms with Crippen molar-refractivity contribution in [3.05, 3.63) is 110 Å². The molecule has 6 nitrogen and oxygen atoms in total. The minimum Gasteiger partial charge on any atom is -0.489 e. The first-order valence-corrected chi connectivity index (χ1v) is 10.2. The molecule has 1 heterocycles. The van der Waals surface area contributed by atoms with Gasteiger partial charge in [-0.2, -0.15) is 5.10 Å². The Labute approximate surface area is 186 Å². The zero-order valence-corrected chi connectivity index (χ0v) is 17.8. The first-order valence-electron chi connectivity index (χ1n) is 9.41. The number of rotatable bonds is 6. The fourth-order valence-corrected chi connectivity index (χ4v) is 3.16. The number of benzene rings is 3. The molecule has 7 heteroatoms. The molecule has 0 spiro atoms. The topological polar surface area (TPSA) is 80.9 Å². The van der Waals surface area contributed by atoms with Crippen LogP contribution in [0.15, 0.2) is 97.8 Å². The molecule has 0 atom stereocenters. The first-order chi connectivity index (χ1) is 15.1. The molecule has 0 saturated carbocycles. The largest absolute Gasteiger partial charge is 0.489 e. The van der Waals surface area contributed by atoms with E-state index in [4.69, 9.17) is 9.15 Å². The lowest BCUT2D eigenvalue weighted by Crippen LogP contribution is -2.17. The Morgan fingerprint density at radius 2 is 1.87 bits per heavy atom. The number of hydrogen-bond donors (Lipinski definition) is 1. The Kier molecular flexibility index (Phi) is 6.24. The van der Waals surface area contributed by atoms with Crippen LogP contribution in [0.3, 0.4) is 0 Å². The van der Waals surface area contributed by atoms with E-state index >= 15 is 0 Å². The molecule has 0 radical (unpaired) electrons. The monoisotopic (exact) mass is 476 g/mol. The van der Waals surface area contributed by atoms with Gasteiger partial charge in [0.15, 0.2) is 5.43 Å². The number of ether oxygens (including phenoxy) is 1. The van der Waals surface area contributed by atoms with Crippen molar-refractivity contribution >= 4 is 39.0 Å². The summed E-state index contributed by atoms with van der Waals surface area (Å²) >= 11 is 3.33. The van der Waals surface area contributed by atoms with Crippen LogP contribution in [-0.2, 0) is 6.61 Å². The summed E-state index contributed by atoms with van der Waals surface area (Å²) in [7, 11) is 0. The lowest BCUT2D eigenvalue weighted by Gasteiger charge is -2.07. The third-order valence-corrected chi connectivity index (χ3v) is 5.02. The highest BCUT2D eigenvalue weighted by Gasteiger charge is 2.07. The standard InChI is InChI=1S/C24H17BrN2O4/c25-19-10-8-17(9-11-19)24(29)27-26-13-16-4-3-5-20(12-16)30-14-18-15-31-22-7-2-1-6-21(22)23(18)28/h1-13,15H,14H2,(H,27,29)/b26-13+. The zero-order valence-electron chi connectivity index (χ0n) is 16.2. The Morgan fingerprint density at radius 3 is 2.71 bits per heavy atom. The molecule has 0 aliphatic rings. The van der Waals surface area contributed by atoms with Crippen LogP contribution in [0.5, 0.6) is 5.75 Å². The van der Waals surface area contributed by atoms with Gasteiger partial charge in [0.2, 0.25) is 0 Å². The molecule has 0 saturated heterocycles. The van der Waals surface area contributed by atoms with Gasteiger partial charge in [-0.1, -0.05) is 40.2 Å². The molecule has 154 valence electrons. The van der Waals surface area contributed by atoms with Gasteiger partial charge in [-0.25, -0.2) is 5.43 Å². The molecule has 4 aromatic rings. The number of nitrogens with zero attached hydrogens (tertiary/aromatic N) is 1. The van der Waals surface area contributed by atoms with Gasteiger partial charge >= 0.3 is 0 Å². The van der Waals surface area contributed by atoms with E-state index in [0.717, 1.165) is 10.0 Å². The Bertz CT molecular complexity index is 1310. The number of amides is 1. The number of halogens is 1. The smallest absolute Gasteiger partial charge is 0.271 e. The second-order valence-corrected chi connectivity index (χ2v) is 7.57. The van der Waals surface area contributed by atoms with Crippen molar-refractivity contribution in [1.29, 1.82) is 0 Å². The highest BCUT2D eigenvalue weighted by molar-refractivity contribution is 9.10. The number of hydrazone groups is 1. The number of para-hydroxylation sites is 1. The van der Waals surface area contributed by atoms with Gasteiger partial charge in [-0.05, 0) is 54.1 Å². The highest BCUT2D eigenvalue weighted by Crippen LogP contribution is 2.15. The molecular formula is C24H17BrN2O4. The van der Waals surface area contributed by atoms with Crippen LogP contribution in [0.25, 0.3) is 11.0 Å². The SMILES string of the molecule is O=C(N/N=C/c1cccc(OCc2coc3ccccc3c2=O)c1)c1ccc(Br)cc1. The average Bonchev–Trinajstić information content (AvgIpc) is 2.79. The third kappa shape index (κ3) is 5.07.